The summed E-state index contributed by atoms with van der Waals surface area (Å²) in [5, 5.41) is 11.6. The van der Waals surface area contributed by atoms with E-state index in [-0.39, 0.29) is 0 Å². The van der Waals surface area contributed by atoms with Gasteiger partial charge in [0.15, 0.2) is 0 Å². The predicted molar refractivity (Wildman–Crippen MR) is 173 cm³/mol. The van der Waals surface area contributed by atoms with Gasteiger partial charge in [-0.15, -0.1) is 0 Å². The number of rotatable bonds is 6. The van der Waals surface area contributed by atoms with Crippen LogP contribution in [0.15, 0.2) is 164 Å². The maximum absolute atomic E-state index is 9.19. The van der Waals surface area contributed by atoms with Crippen LogP contribution in [0.4, 0.5) is 0 Å². The van der Waals surface area contributed by atoms with E-state index in [1.807, 2.05) is 30.3 Å². The number of hydrogen-bond donors (Lipinski definition) is 1. The van der Waals surface area contributed by atoms with Crippen LogP contribution in [0.2, 0.25) is 0 Å². The fourth-order valence-corrected chi connectivity index (χ4v) is 5.62. The summed E-state index contributed by atoms with van der Waals surface area (Å²) in [6.07, 6.45) is 2.01. The molecule has 0 atom stereocenters. The molecule has 0 unspecified atom stereocenters. The lowest BCUT2D eigenvalue weighted by Crippen LogP contribution is -2.04. The molecule has 1 N–H and O–H groups in total. The lowest BCUT2D eigenvalue weighted by molar-refractivity contribution is 1.22. The Morgan fingerprint density at radius 1 is 0.415 bits per heavy atom. The molecule has 1 aromatic heterocycles. The molecule has 0 aliphatic rings. The molecule has 0 fully saturated rings. The zero-order valence-electron chi connectivity index (χ0n) is 22.5. The van der Waals surface area contributed by atoms with E-state index in [9.17, 15) is 5.41 Å². The summed E-state index contributed by atoms with van der Waals surface area (Å²) < 4.78 is 2.30. The average Bonchev–Trinajstić information content (AvgIpc) is 3.39. The molecule has 0 radical (unpaired) electrons. The third-order valence-corrected chi connectivity index (χ3v) is 7.69. The Balaban J connectivity index is 1.37. The highest BCUT2D eigenvalue weighted by atomic mass is 15.0. The summed E-state index contributed by atoms with van der Waals surface area (Å²) in [6.45, 7) is 0. The Labute approximate surface area is 240 Å². The number of fused-ring (bicyclic) bond motifs is 3. The molecule has 0 aliphatic carbocycles. The van der Waals surface area contributed by atoms with Crippen molar-refractivity contribution in [1.29, 1.82) is 5.41 Å². The zero-order chi connectivity index (χ0) is 27.6. The van der Waals surface area contributed by atoms with Gasteiger partial charge in [0, 0.05) is 10.8 Å². The van der Waals surface area contributed by atoms with E-state index in [2.05, 4.69) is 138 Å². The van der Waals surface area contributed by atoms with Crippen molar-refractivity contribution >= 4 is 33.2 Å². The van der Waals surface area contributed by atoms with Crippen LogP contribution < -0.4 is 0 Å². The van der Waals surface area contributed by atoms with E-state index in [1.165, 1.54) is 27.5 Å². The van der Waals surface area contributed by atoms with Crippen molar-refractivity contribution in [2.24, 2.45) is 0 Å². The Morgan fingerprint density at radius 2 is 0.805 bits per heavy atom. The molecule has 0 spiro atoms. The average molecular weight is 525 g/mol. The third-order valence-electron chi connectivity index (χ3n) is 7.69. The highest BCUT2D eigenvalue weighted by Gasteiger charge is 2.16. The molecular formula is C39H28N2. The summed E-state index contributed by atoms with van der Waals surface area (Å²) in [5.41, 5.74) is 10.3. The van der Waals surface area contributed by atoms with Crippen LogP contribution >= 0.6 is 0 Å². The number of nitrogens with one attached hydrogen (secondary N) is 1. The van der Waals surface area contributed by atoms with Crippen molar-refractivity contribution < 1.29 is 0 Å². The fourth-order valence-electron chi connectivity index (χ4n) is 5.62. The van der Waals surface area contributed by atoms with Gasteiger partial charge < -0.3 is 9.98 Å². The second-order valence-electron chi connectivity index (χ2n) is 10.2. The quantitative estimate of drug-likeness (QED) is 0.210. The lowest BCUT2D eigenvalue weighted by Gasteiger charge is -2.15. The van der Waals surface area contributed by atoms with Gasteiger partial charge in [0.25, 0.3) is 0 Å². The fraction of sp³-hybridized carbons (Fsp3) is 0. The molecular weight excluding hydrogens is 496 g/mol. The van der Waals surface area contributed by atoms with Crippen molar-refractivity contribution in [3.8, 4) is 22.3 Å². The number of para-hydroxylation sites is 2. The van der Waals surface area contributed by atoms with Crippen molar-refractivity contribution in [2.75, 3.05) is 0 Å². The Kier molecular flexibility index (Phi) is 6.35. The first-order valence-corrected chi connectivity index (χ1v) is 13.9. The SMILES string of the molecule is N=C(/C=C(/c1ccc(-c2ccccc2)cc1)n1c2ccccc2c2ccccc21)c1ccc(-c2ccccc2)cc1. The van der Waals surface area contributed by atoms with Gasteiger partial charge in [0.2, 0.25) is 0 Å². The van der Waals surface area contributed by atoms with Crippen LogP contribution in [-0.2, 0) is 0 Å². The molecule has 194 valence electrons. The largest absolute Gasteiger partial charge is 0.309 e. The molecule has 2 heteroatoms. The van der Waals surface area contributed by atoms with E-state index < -0.39 is 0 Å². The first-order valence-electron chi connectivity index (χ1n) is 13.9. The van der Waals surface area contributed by atoms with Gasteiger partial charge in [-0.1, -0.05) is 146 Å². The maximum Gasteiger partial charge on any atom is 0.0633 e. The van der Waals surface area contributed by atoms with E-state index >= 15 is 0 Å². The molecule has 7 rings (SSSR count). The summed E-state index contributed by atoms with van der Waals surface area (Å²) >= 11 is 0. The van der Waals surface area contributed by atoms with Crippen molar-refractivity contribution in [2.45, 2.75) is 0 Å². The van der Waals surface area contributed by atoms with Crippen LogP contribution in [0.1, 0.15) is 11.1 Å². The predicted octanol–water partition coefficient (Wildman–Crippen LogP) is 10.1. The van der Waals surface area contributed by atoms with E-state index in [0.717, 1.165) is 33.4 Å². The van der Waals surface area contributed by atoms with Gasteiger partial charge in [-0.2, -0.15) is 0 Å². The van der Waals surface area contributed by atoms with Gasteiger partial charge >= 0.3 is 0 Å². The number of aromatic nitrogens is 1. The summed E-state index contributed by atoms with van der Waals surface area (Å²) in [4.78, 5) is 0. The molecule has 0 saturated heterocycles. The summed E-state index contributed by atoms with van der Waals surface area (Å²) in [6, 6.07) is 54.8. The van der Waals surface area contributed by atoms with Crippen molar-refractivity contribution in [3.63, 3.8) is 0 Å². The normalized spacial score (nSPS) is 11.7. The molecule has 0 bridgehead atoms. The number of allylic oxidation sites excluding steroid dienone is 1. The topological polar surface area (TPSA) is 28.8 Å². The Bertz CT molecular complexity index is 1960. The first kappa shape index (κ1) is 24.6. The molecule has 0 aliphatic heterocycles. The van der Waals surface area contributed by atoms with Crippen LogP contribution in [-0.4, -0.2) is 10.3 Å². The summed E-state index contributed by atoms with van der Waals surface area (Å²) in [7, 11) is 0. The number of nitrogens with zero attached hydrogens (tertiary/aromatic N) is 1. The van der Waals surface area contributed by atoms with Crippen LogP contribution in [0.25, 0.3) is 49.8 Å². The van der Waals surface area contributed by atoms with Gasteiger partial charge in [0.05, 0.1) is 22.4 Å². The van der Waals surface area contributed by atoms with E-state index in [0.29, 0.717) is 5.71 Å². The Morgan fingerprint density at radius 3 is 1.29 bits per heavy atom. The molecule has 1 heterocycles. The molecule has 6 aromatic carbocycles. The van der Waals surface area contributed by atoms with Gasteiger partial charge in [0.1, 0.15) is 0 Å². The van der Waals surface area contributed by atoms with Gasteiger partial charge in [-0.05, 0) is 51.6 Å². The smallest absolute Gasteiger partial charge is 0.0633 e. The molecule has 41 heavy (non-hydrogen) atoms. The first-order chi connectivity index (χ1) is 20.3. The highest BCUT2D eigenvalue weighted by Crippen LogP contribution is 2.34. The standard InChI is InChI=1S/C39H28N2/c40-36(32-23-19-30(20-24-32)28-11-3-1-4-12-28)27-39(33-25-21-31(22-26-33)29-13-5-2-6-14-29)41-37-17-9-7-15-34(37)35-16-8-10-18-38(35)41/h1-27,40H/b39-27-,40-36?. The van der Waals surface area contributed by atoms with Crippen molar-refractivity contribution in [1.82, 2.24) is 4.57 Å². The second-order valence-corrected chi connectivity index (χ2v) is 10.2. The van der Waals surface area contributed by atoms with Crippen LogP contribution in [0.5, 0.6) is 0 Å². The van der Waals surface area contributed by atoms with Crippen LogP contribution in [0, 0.1) is 5.41 Å². The van der Waals surface area contributed by atoms with Crippen molar-refractivity contribution in [3.05, 3.63) is 175 Å². The van der Waals surface area contributed by atoms with Gasteiger partial charge in [-0.3, -0.25) is 0 Å². The molecule has 7 aromatic rings. The minimum atomic E-state index is 0.466. The monoisotopic (exact) mass is 524 g/mol. The van der Waals surface area contributed by atoms with Crippen LogP contribution in [0.3, 0.4) is 0 Å². The Hall–Kier alpha value is -5.47. The highest BCUT2D eigenvalue weighted by molar-refractivity contribution is 6.14. The third kappa shape index (κ3) is 4.66. The minimum absolute atomic E-state index is 0.466. The zero-order valence-corrected chi connectivity index (χ0v) is 22.5. The van der Waals surface area contributed by atoms with Gasteiger partial charge in [-0.25, -0.2) is 0 Å². The molecule has 2 nitrogen and oxygen atoms in total. The maximum atomic E-state index is 9.19. The minimum Gasteiger partial charge on any atom is -0.309 e. The van der Waals surface area contributed by atoms with E-state index in [1.54, 1.807) is 0 Å². The molecule has 0 saturated carbocycles. The molecule has 0 amide bonds. The number of hydrogen-bond acceptors (Lipinski definition) is 1. The summed E-state index contributed by atoms with van der Waals surface area (Å²) in [5.74, 6) is 0. The number of benzene rings is 6. The second kappa shape index (κ2) is 10.6. The van der Waals surface area contributed by atoms with E-state index in [4.69, 9.17) is 0 Å². The lowest BCUT2D eigenvalue weighted by atomic mass is 9.99.